The van der Waals surface area contributed by atoms with Crippen LogP contribution in [0.3, 0.4) is 0 Å². The lowest BCUT2D eigenvalue weighted by molar-refractivity contribution is 0.954. The molecule has 0 aliphatic rings. The van der Waals surface area contributed by atoms with Gasteiger partial charge in [0.1, 0.15) is 5.82 Å². The lowest BCUT2D eigenvalue weighted by atomic mass is 10.2. The van der Waals surface area contributed by atoms with Crippen LogP contribution in [0.15, 0.2) is 12.3 Å². The van der Waals surface area contributed by atoms with Crippen molar-refractivity contribution in [3.8, 4) is 10.6 Å². The van der Waals surface area contributed by atoms with E-state index in [9.17, 15) is 0 Å². The quantitative estimate of drug-likeness (QED) is 0.779. The van der Waals surface area contributed by atoms with Gasteiger partial charge in [-0.15, -0.1) is 11.3 Å². The van der Waals surface area contributed by atoms with E-state index < -0.39 is 0 Å². The molecule has 0 aliphatic heterocycles. The number of hydrogen-bond donors (Lipinski definition) is 0. The Hall–Kier alpha value is -1.29. The molecule has 0 aromatic carbocycles. The molecular weight excluding hydrogens is 206 g/mol. The standard InChI is InChI=1S/C11H13N3S/c1-4-9-5-10(14-7(2)13-9)11-6-12-8(3)15-11/h5-6H,4H2,1-3H3. The maximum atomic E-state index is 4.42. The van der Waals surface area contributed by atoms with E-state index in [4.69, 9.17) is 0 Å². The monoisotopic (exact) mass is 219 g/mol. The molecule has 0 aliphatic carbocycles. The molecule has 2 aromatic rings. The summed E-state index contributed by atoms with van der Waals surface area (Å²) in [5, 5.41) is 1.07. The Balaban J connectivity index is 2.48. The van der Waals surface area contributed by atoms with E-state index >= 15 is 0 Å². The van der Waals surface area contributed by atoms with Crippen LogP contribution >= 0.6 is 11.3 Å². The summed E-state index contributed by atoms with van der Waals surface area (Å²) in [5.74, 6) is 0.829. The van der Waals surface area contributed by atoms with E-state index in [1.165, 1.54) is 0 Å². The van der Waals surface area contributed by atoms with Gasteiger partial charge in [-0.1, -0.05) is 6.92 Å². The number of hydrogen-bond acceptors (Lipinski definition) is 4. The number of thiazole rings is 1. The van der Waals surface area contributed by atoms with E-state index in [2.05, 4.69) is 21.9 Å². The van der Waals surface area contributed by atoms with Gasteiger partial charge >= 0.3 is 0 Å². The predicted molar refractivity (Wildman–Crippen MR) is 62.0 cm³/mol. The molecule has 15 heavy (non-hydrogen) atoms. The molecule has 0 radical (unpaired) electrons. The SMILES string of the molecule is CCc1cc(-c2cnc(C)s2)nc(C)n1. The van der Waals surface area contributed by atoms with Crippen LogP contribution in [0.5, 0.6) is 0 Å². The van der Waals surface area contributed by atoms with E-state index in [0.29, 0.717) is 0 Å². The van der Waals surface area contributed by atoms with Gasteiger partial charge in [-0.05, 0) is 26.3 Å². The number of aromatic nitrogens is 3. The van der Waals surface area contributed by atoms with Crippen LogP contribution < -0.4 is 0 Å². The molecule has 0 spiro atoms. The second-order valence-corrected chi connectivity index (χ2v) is 4.62. The molecule has 0 saturated heterocycles. The smallest absolute Gasteiger partial charge is 0.126 e. The zero-order valence-corrected chi connectivity index (χ0v) is 9.93. The van der Waals surface area contributed by atoms with Crippen LogP contribution in [0.1, 0.15) is 23.4 Å². The average Bonchev–Trinajstić information content (AvgIpc) is 2.64. The van der Waals surface area contributed by atoms with Crippen LogP contribution in [0, 0.1) is 13.8 Å². The van der Waals surface area contributed by atoms with Crippen molar-refractivity contribution in [1.29, 1.82) is 0 Å². The molecule has 0 atom stereocenters. The zero-order valence-electron chi connectivity index (χ0n) is 9.11. The second-order valence-electron chi connectivity index (χ2n) is 3.39. The lowest BCUT2D eigenvalue weighted by Gasteiger charge is -2.01. The molecule has 0 saturated carbocycles. The van der Waals surface area contributed by atoms with Crippen molar-refractivity contribution in [1.82, 2.24) is 15.0 Å². The van der Waals surface area contributed by atoms with E-state index in [1.807, 2.05) is 26.1 Å². The van der Waals surface area contributed by atoms with E-state index in [-0.39, 0.29) is 0 Å². The van der Waals surface area contributed by atoms with Gasteiger partial charge in [0.15, 0.2) is 0 Å². The maximum Gasteiger partial charge on any atom is 0.126 e. The molecule has 0 fully saturated rings. The minimum absolute atomic E-state index is 0.829. The minimum Gasteiger partial charge on any atom is -0.249 e. The van der Waals surface area contributed by atoms with Crippen LogP contribution in [0.25, 0.3) is 10.6 Å². The highest BCUT2D eigenvalue weighted by atomic mass is 32.1. The van der Waals surface area contributed by atoms with E-state index in [1.54, 1.807) is 11.3 Å². The molecule has 3 nitrogen and oxygen atoms in total. The van der Waals surface area contributed by atoms with Crippen molar-refractivity contribution >= 4 is 11.3 Å². The third-order valence-corrected chi connectivity index (χ3v) is 3.06. The third kappa shape index (κ3) is 2.21. The summed E-state index contributed by atoms with van der Waals surface area (Å²) < 4.78 is 0. The molecule has 0 amide bonds. The largest absolute Gasteiger partial charge is 0.249 e. The predicted octanol–water partition coefficient (Wildman–Crippen LogP) is 2.78. The Kier molecular flexibility index (Phi) is 2.77. The summed E-state index contributed by atoms with van der Waals surface area (Å²) in [4.78, 5) is 14.1. The van der Waals surface area contributed by atoms with Gasteiger partial charge in [-0.2, -0.15) is 0 Å². The molecule has 78 valence electrons. The lowest BCUT2D eigenvalue weighted by Crippen LogP contribution is -1.95. The first kappa shape index (κ1) is 10.2. The first-order chi connectivity index (χ1) is 7.19. The summed E-state index contributed by atoms with van der Waals surface area (Å²) in [5.41, 5.74) is 2.08. The maximum absolute atomic E-state index is 4.42. The first-order valence-electron chi connectivity index (χ1n) is 4.96. The van der Waals surface area contributed by atoms with Gasteiger partial charge in [0.25, 0.3) is 0 Å². The number of rotatable bonds is 2. The van der Waals surface area contributed by atoms with Crippen molar-refractivity contribution in [3.63, 3.8) is 0 Å². The summed E-state index contributed by atoms with van der Waals surface area (Å²) in [6.45, 7) is 6.03. The van der Waals surface area contributed by atoms with Crippen LogP contribution in [-0.2, 0) is 6.42 Å². The molecule has 2 heterocycles. The molecule has 0 bridgehead atoms. The van der Waals surface area contributed by atoms with E-state index in [0.717, 1.165) is 33.5 Å². The molecule has 0 unspecified atom stereocenters. The summed E-state index contributed by atoms with van der Waals surface area (Å²) in [7, 11) is 0. The molecule has 4 heteroatoms. The highest BCUT2D eigenvalue weighted by molar-refractivity contribution is 7.15. The van der Waals surface area contributed by atoms with Gasteiger partial charge in [0, 0.05) is 11.9 Å². The van der Waals surface area contributed by atoms with Crippen molar-refractivity contribution in [3.05, 3.63) is 28.8 Å². The highest BCUT2D eigenvalue weighted by Gasteiger charge is 2.06. The summed E-state index contributed by atoms with van der Waals surface area (Å²) >= 11 is 1.67. The average molecular weight is 219 g/mol. The van der Waals surface area contributed by atoms with Gasteiger partial charge in [-0.25, -0.2) is 15.0 Å². The highest BCUT2D eigenvalue weighted by Crippen LogP contribution is 2.24. The van der Waals surface area contributed by atoms with Crippen molar-refractivity contribution < 1.29 is 0 Å². The Morgan fingerprint density at radius 1 is 1.27 bits per heavy atom. The van der Waals surface area contributed by atoms with Gasteiger partial charge in [-0.3, -0.25) is 0 Å². The van der Waals surface area contributed by atoms with Crippen LogP contribution in [-0.4, -0.2) is 15.0 Å². The van der Waals surface area contributed by atoms with Crippen LogP contribution in [0.2, 0.25) is 0 Å². The van der Waals surface area contributed by atoms with Crippen molar-refractivity contribution in [2.45, 2.75) is 27.2 Å². The normalized spacial score (nSPS) is 10.6. The second kappa shape index (κ2) is 4.06. The topological polar surface area (TPSA) is 38.7 Å². The molecule has 0 N–H and O–H groups in total. The fourth-order valence-corrected chi connectivity index (χ4v) is 2.15. The van der Waals surface area contributed by atoms with Crippen LogP contribution in [0.4, 0.5) is 0 Å². The van der Waals surface area contributed by atoms with Crippen molar-refractivity contribution in [2.75, 3.05) is 0 Å². The molecular formula is C11H13N3S. The zero-order chi connectivity index (χ0) is 10.8. The molecule has 2 aromatic heterocycles. The summed E-state index contributed by atoms with van der Waals surface area (Å²) in [6, 6.07) is 2.04. The van der Waals surface area contributed by atoms with Crippen molar-refractivity contribution in [2.24, 2.45) is 0 Å². The van der Waals surface area contributed by atoms with Gasteiger partial charge in [0.2, 0.25) is 0 Å². The fraction of sp³-hybridized carbons (Fsp3) is 0.364. The number of nitrogens with zero attached hydrogens (tertiary/aromatic N) is 3. The Labute approximate surface area is 93.2 Å². The molecule has 2 rings (SSSR count). The minimum atomic E-state index is 0.829. The summed E-state index contributed by atoms with van der Waals surface area (Å²) in [6.07, 6.45) is 2.81. The Bertz CT molecular complexity index is 476. The third-order valence-electron chi connectivity index (χ3n) is 2.13. The Morgan fingerprint density at radius 2 is 2.07 bits per heavy atom. The number of aryl methyl sites for hydroxylation is 3. The van der Waals surface area contributed by atoms with Gasteiger partial charge in [0.05, 0.1) is 15.6 Å². The fourth-order valence-electron chi connectivity index (χ4n) is 1.42. The van der Waals surface area contributed by atoms with Gasteiger partial charge < -0.3 is 0 Å². The first-order valence-corrected chi connectivity index (χ1v) is 5.78. The Morgan fingerprint density at radius 3 is 2.67 bits per heavy atom.